The molecule has 68 heavy (non-hydrogen) atoms. The number of nitrogens with one attached hydrogen (secondary N) is 1. The van der Waals surface area contributed by atoms with Gasteiger partial charge in [-0.1, -0.05) is 50.2 Å². The lowest BCUT2D eigenvalue weighted by atomic mass is 10.1. The highest BCUT2D eigenvalue weighted by Gasteiger charge is 2.39. The minimum atomic E-state index is -5.18. The Kier molecular flexibility index (Phi) is 18.1. The summed E-state index contributed by atoms with van der Waals surface area (Å²) in [6.07, 6.45) is -5.18. The van der Waals surface area contributed by atoms with Gasteiger partial charge in [0, 0.05) is 74.6 Å². The van der Waals surface area contributed by atoms with Crippen molar-refractivity contribution >= 4 is 40.9 Å². The van der Waals surface area contributed by atoms with Gasteiger partial charge in [-0.2, -0.15) is 13.2 Å². The number of nitrogens with zero attached hydrogens (tertiary/aromatic N) is 6. The molecule has 6 rings (SSSR count). The third kappa shape index (κ3) is 13.1. The summed E-state index contributed by atoms with van der Waals surface area (Å²) in [4.78, 5) is 70.5. The van der Waals surface area contributed by atoms with Crippen LogP contribution >= 0.6 is 0 Å². The normalized spacial score (nSPS) is 14.5. The summed E-state index contributed by atoms with van der Waals surface area (Å²) in [5.41, 5.74) is 4.33. The van der Waals surface area contributed by atoms with Gasteiger partial charge in [-0.05, 0) is 49.5 Å². The van der Waals surface area contributed by atoms with Gasteiger partial charge < -0.3 is 30.7 Å². The fourth-order valence-electron chi connectivity index (χ4n) is 7.28. The van der Waals surface area contributed by atoms with Crippen LogP contribution in [0.25, 0.3) is 0 Å². The van der Waals surface area contributed by atoms with Gasteiger partial charge in [0.15, 0.2) is 34.8 Å². The Morgan fingerprint density at radius 1 is 0.574 bits per heavy atom. The van der Waals surface area contributed by atoms with Gasteiger partial charge in [0.25, 0.3) is 0 Å². The second kappa shape index (κ2) is 23.5. The molecule has 2 heterocycles. The standard InChI is InChI=1S/C24H24F6N4O3.C22H25F3N4O2/c1-2-32-8-10-33(11-9-32)23(37)34(19-5-3-4-17(25)21(19)27)14-16-7-6-15(12-18(16)26)20(35)13-31-22(36)24(28,29)30;1-2-27-8-10-28(11-9-27)22(31)29(19-5-3-4-17(23)21(19)25)14-16-7-6-15(12-18(16)24)20(30)13-26/h3-7,12H,2,8-11,13-14H2,1H3,(H,31,36);3-7,12H,2,8-11,13-14,26H2,1H3. The van der Waals surface area contributed by atoms with Crippen LogP contribution in [0, 0.1) is 34.9 Å². The van der Waals surface area contributed by atoms with E-state index in [1.807, 2.05) is 13.8 Å². The molecule has 4 aromatic rings. The average Bonchev–Trinajstić information content (AvgIpc) is 3.33. The van der Waals surface area contributed by atoms with Gasteiger partial charge in [0.2, 0.25) is 0 Å². The van der Waals surface area contributed by atoms with E-state index < -0.39 is 89.4 Å². The lowest BCUT2D eigenvalue weighted by Crippen LogP contribution is -2.53. The number of hydrogen-bond acceptors (Lipinski definition) is 8. The van der Waals surface area contributed by atoms with Crippen LogP contribution in [-0.2, 0) is 17.9 Å². The molecule has 2 fully saturated rings. The zero-order valence-electron chi connectivity index (χ0n) is 37.0. The quantitative estimate of drug-likeness (QED) is 0.111. The van der Waals surface area contributed by atoms with Crippen molar-refractivity contribution in [3.63, 3.8) is 0 Å². The van der Waals surface area contributed by atoms with Gasteiger partial charge in [0.05, 0.1) is 37.6 Å². The second-order valence-corrected chi connectivity index (χ2v) is 15.6. The number of halogens is 9. The third-order valence-corrected chi connectivity index (χ3v) is 11.3. The summed E-state index contributed by atoms with van der Waals surface area (Å²) in [7, 11) is 0. The molecule has 0 aliphatic carbocycles. The minimum absolute atomic E-state index is 0.0674. The number of alkyl halides is 3. The number of Topliss-reactive ketones (excluding diaryl/α,β-unsaturated/α-hetero) is 2. The van der Waals surface area contributed by atoms with E-state index in [-0.39, 0.29) is 41.0 Å². The number of benzene rings is 4. The maximum absolute atomic E-state index is 14.9. The van der Waals surface area contributed by atoms with Crippen LogP contribution in [0.5, 0.6) is 0 Å². The van der Waals surface area contributed by atoms with Crippen LogP contribution in [0.1, 0.15) is 45.7 Å². The highest BCUT2D eigenvalue weighted by atomic mass is 19.4. The lowest BCUT2D eigenvalue weighted by Gasteiger charge is -2.37. The van der Waals surface area contributed by atoms with Crippen molar-refractivity contribution in [3.8, 4) is 0 Å². The molecule has 13 nitrogen and oxygen atoms in total. The topological polar surface area (TPSA) is 143 Å². The van der Waals surface area contributed by atoms with Crippen LogP contribution in [0.2, 0.25) is 0 Å². The van der Waals surface area contributed by atoms with Crippen molar-refractivity contribution in [3.05, 3.63) is 130 Å². The summed E-state index contributed by atoms with van der Waals surface area (Å²) in [5.74, 6) is -10.2. The maximum Gasteiger partial charge on any atom is 0.471 e. The Bertz CT molecular complexity index is 2460. The second-order valence-electron chi connectivity index (χ2n) is 15.6. The van der Waals surface area contributed by atoms with E-state index >= 15 is 0 Å². The van der Waals surface area contributed by atoms with E-state index in [0.29, 0.717) is 52.4 Å². The number of anilines is 2. The molecule has 3 N–H and O–H groups in total. The summed E-state index contributed by atoms with van der Waals surface area (Å²) >= 11 is 0. The van der Waals surface area contributed by atoms with Crippen molar-refractivity contribution in [2.24, 2.45) is 5.73 Å². The molecular formula is C46H49F9N8O5. The number of rotatable bonds is 13. The molecule has 366 valence electrons. The number of amides is 5. The first kappa shape index (κ1) is 52.4. The number of carbonyl (C=O) groups is 5. The predicted octanol–water partition coefficient (Wildman–Crippen LogP) is 6.74. The van der Waals surface area contributed by atoms with Crippen LogP contribution < -0.4 is 20.9 Å². The van der Waals surface area contributed by atoms with E-state index in [0.717, 1.165) is 59.3 Å². The van der Waals surface area contributed by atoms with E-state index in [1.165, 1.54) is 46.6 Å². The first-order valence-electron chi connectivity index (χ1n) is 21.4. The smallest absolute Gasteiger partial charge is 0.341 e. The van der Waals surface area contributed by atoms with Gasteiger partial charge >= 0.3 is 24.1 Å². The van der Waals surface area contributed by atoms with Gasteiger partial charge in [-0.25, -0.2) is 35.9 Å². The molecule has 4 aromatic carbocycles. The molecule has 22 heteroatoms. The Morgan fingerprint density at radius 2 is 0.971 bits per heavy atom. The molecule has 0 radical (unpaired) electrons. The van der Waals surface area contributed by atoms with E-state index in [1.54, 1.807) is 4.90 Å². The summed E-state index contributed by atoms with van der Waals surface area (Å²) < 4.78 is 124. The van der Waals surface area contributed by atoms with E-state index in [2.05, 4.69) is 9.80 Å². The minimum Gasteiger partial charge on any atom is -0.341 e. The lowest BCUT2D eigenvalue weighted by molar-refractivity contribution is -0.173. The molecule has 2 saturated heterocycles. The van der Waals surface area contributed by atoms with Gasteiger partial charge in [-0.3, -0.25) is 24.2 Å². The number of carbonyl (C=O) groups excluding carboxylic acids is 5. The third-order valence-electron chi connectivity index (χ3n) is 11.3. The van der Waals surface area contributed by atoms with Crippen LogP contribution in [0.4, 0.5) is 60.5 Å². The summed E-state index contributed by atoms with van der Waals surface area (Å²) in [6, 6.07) is 12.3. The van der Waals surface area contributed by atoms with Crippen molar-refractivity contribution in [2.45, 2.75) is 33.1 Å². The molecule has 0 spiro atoms. The van der Waals surface area contributed by atoms with Crippen LogP contribution in [0.15, 0.2) is 72.8 Å². The molecule has 0 saturated carbocycles. The van der Waals surface area contributed by atoms with Crippen molar-refractivity contribution in [1.82, 2.24) is 24.9 Å². The maximum atomic E-state index is 14.9. The molecule has 0 bridgehead atoms. The Labute approximate surface area is 385 Å². The first-order chi connectivity index (χ1) is 32.3. The van der Waals surface area contributed by atoms with Gasteiger partial charge in [-0.15, -0.1) is 0 Å². The Hall–Kier alpha value is -6.52. The number of piperazine rings is 2. The largest absolute Gasteiger partial charge is 0.471 e. The average molecular weight is 965 g/mol. The monoisotopic (exact) mass is 964 g/mol. The fourth-order valence-corrected chi connectivity index (χ4v) is 7.28. The zero-order valence-corrected chi connectivity index (χ0v) is 37.0. The van der Waals surface area contributed by atoms with E-state index in [9.17, 15) is 63.5 Å². The van der Waals surface area contributed by atoms with Crippen LogP contribution in [-0.4, -0.2) is 134 Å². The van der Waals surface area contributed by atoms with Crippen LogP contribution in [0.3, 0.4) is 0 Å². The molecule has 5 amide bonds. The van der Waals surface area contributed by atoms with Crippen molar-refractivity contribution in [1.29, 1.82) is 0 Å². The fraction of sp³-hybridized carbons (Fsp3) is 0.370. The summed E-state index contributed by atoms with van der Waals surface area (Å²) in [6.45, 7) is 7.44. The predicted molar refractivity (Wildman–Crippen MR) is 233 cm³/mol. The molecule has 0 aromatic heterocycles. The SMILES string of the molecule is CCN1CCN(C(=O)N(Cc2ccc(C(=O)CN)cc2F)c2cccc(F)c2F)CC1.CCN1CCN(C(=O)N(Cc2ccc(C(=O)CNC(=O)C(F)(F)F)cc2F)c2cccc(F)c2F)CC1. The van der Waals surface area contributed by atoms with Crippen molar-refractivity contribution < 1.29 is 63.5 Å². The van der Waals surface area contributed by atoms with Gasteiger partial charge in [0.1, 0.15) is 11.6 Å². The molecule has 2 aliphatic heterocycles. The molecule has 2 aliphatic rings. The molecule has 0 atom stereocenters. The first-order valence-corrected chi connectivity index (χ1v) is 21.4. The highest BCUT2D eigenvalue weighted by Crippen LogP contribution is 2.28. The number of hydrogen-bond donors (Lipinski definition) is 2. The summed E-state index contributed by atoms with van der Waals surface area (Å²) in [5, 5.41) is 1.40. The molecular weight excluding hydrogens is 916 g/mol. The Balaban J connectivity index is 0.000000258. The number of urea groups is 2. The zero-order chi connectivity index (χ0) is 49.9. The number of nitrogens with two attached hydrogens (primary N) is 1. The Morgan fingerprint density at radius 3 is 1.32 bits per heavy atom. The molecule has 0 unspecified atom stereocenters. The number of ketones is 2. The highest BCUT2D eigenvalue weighted by molar-refractivity contribution is 6.00. The van der Waals surface area contributed by atoms with Crippen molar-refractivity contribution in [2.75, 3.05) is 88.3 Å². The van der Waals surface area contributed by atoms with E-state index in [4.69, 9.17) is 5.73 Å². The number of likely N-dealkylation sites (N-methyl/N-ethyl adjacent to an activating group) is 2.